The lowest BCUT2D eigenvalue weighted by Gasteiger charge is -2.15. The molecular formula is C28H41BrO2. The van der Waals surface area contributed by atoms with Crippen LogP contribution in [0.1, 0.15) is 90.9 Å². The number of benzene rings is 2. The van der Waals surface area contributed by atoms with Gasteiger partial charge in [0.05, 0.1) is 17.7 Å². The lowest BCUT2D eigenvalue weighted by Crippen LogP contribution is -2.02. The molecule has 2 aromatic carbocycles. The standard InChI is InChI=1S/C28H41BrO2/c1-3-5-7-9-11-16-20-30-25-22-26(24-18-14-13-15-19-24)28(29)27(23-25)31-21-17-12-10-8-6-4-2/h13-15,18-19,22-23H,3-12,16-17,20-21H2,1-2H3. The van der Waals surface area contributed by atoms with Crippen LogP contribution >= 0.6 is 15.9 Å². The van der Waals surface area contributed by atoms with Crippen LogP contribution in [0.4, 0.5) is 0 Å². The van der Waals surface area contributed by atoms with Crippen molar-refractivity contribution in [3.63, 3.8) is 0 Å². The van der Waals surface area contributed by atoms with Gasteiger partial charge in [-0.3, -0.25) is 0 Å². The van der Waals surface area contributed by atoms with Crippen LogP contribution in [0.5, 0.6) is 11.5 Å². The lowest BCUT2D eigenvalue weighted by atomic mass is 10.1. The van der Waals surface area contributed by atoms with E-state index in [9.17, 15) is 0 Å². The Morgan fingerprint density at radius 1 is 0.645 bits per heavy atom. The smallest absolute Gasteiger partial charge is 0.137 e. The predicted octanol–water partition coefficient (Wildman–Crippen LogP) is 9.59. The Bertz CT molecular complexity index is 714. The minimum atomic E-state index is 0.750. The van der Waals surface area contributed by atoms with Crippen molar-refractivity contribution in [1.29, 1.82) is 0 Å². The van der Waals surface area contributed by atoms with Crippen LogP contribution in [0.2, 0.25) is 0 Å². The second-order valence-electron chi connectivity index (χ2n) is 8.38. The maximum Gasteiger partial charge on any atom is 0.137 e. The number of hydrogen-bond donors (Lipinski definition) is 0. The maximum absolute atomic E-state index is 6.19. The molecule has 3 heteroatoms. The Hall–Kier alpha value is -1.48. The molecule has 0 N–H and O–H groups in total. The van der Waals surface area contributed by atoms with Gasteiger partial charge in [0, 0.05) is 11.6 Å². The molecule has 0 saturated heterocycles. The number of unbranched alkanes of at least 4 members (excludes halogenated alkanes) is 10. The van der Waals surface area contributed by atoms with Crippen LogP contribution in [0.25, 0.3) is 11.1 Å². The van der Waals surface area contributed by atoms with Crippen molar-refractivity contribution >= 4 is 15.9 Å². The third kappa shape index (κ3) is 10.1. The molecule has 2 nitrogen and oxygen atoms in total. The molecule has 0 heterocycles. The quantitative estimate of drug-likeness (QED) is 0.206. The van der Waals surface area contributed by atoms with Gasteiger partial charge < -0.3 is 9.47 Å². The fourth-order valence-corrected chi connectivity index (χ4v) is 4.30. The molecule has 0 fully saturated rings. The summed E-state index contributed by atoms with van der Waals surface area (Å²) in [5, 5.41) is 0. The maximum atomic E-state index is 6.19. The first-order valence-electron chi connectivity index (χ1n) is 12.4. The molecule has 0 aliphatic rings. The largest absolute Gasteiger partial charge is 0.493 e. The molecule has 172 valence electrons. The van der Waals surface area contributed by atoms with Crippen molar-refractivity contribution < 1.29 is 9.47 Å². The van der Waals surface area contributed by atoms with Crippen molar-refractivity contribution in [3.8, 4) is 22.6 Å². The molecule has 0 aliphatic carbocycles. The van der Waals surface area contributed by atoms with Gasteiger partial charge in [-0.05, 0) is 40.4 Å². The van der Waals surface area contributed by atoms with Gasteiger partial charge in [0.2, 0.25) is 0 Å². The van der Waals surface area contributed by atoms with Crippen molar-refractivity contribution in [2.45, 2.75) is 90.9 Å². The topological polar surface area (TPSA) is 18.5 Å². The lowest BCUT2D eigenvalue weighted by molar-refractivity contribution is 0.289. The predicted molar refractivity (Wildman–Crippen MR) is 137 cm³/mol. The number of hydrogen-bond acceptors (Lipinski definition) is 2. The summed E-state index contributed by atoms with van der Waals surface area (Å²) in [6.07, 6.45) is 15.2. The molecule has 2 rings (SSSR count). The Kier molecular flexibility index (Phi) is 13.5. The van der Waals surface area contributed by atoms with E-state index in [1.165, 1.54) is 69.8 Å². The van der Waals surface area contributed by atoms with E-state index in [1.54, 1.807) is 0 Å². The summed E-state index contributed by atoms with van der Waals surface area (Å²) in [5.41, 5.74) is 2.29. The molecule has 0 amide bonds. The molecule has 0 bridgehead atoms. The molecule has 0 spiro atoms. The first-order valence-corrected chi connectivity index (χ1v) is 13.2. The average Bonchev–Trinajstić information content (AvgIpc) is 2.80. The molecule has 31 heavy (non-hydrogen) atoms. The van der Waals surface area contributed by atoms with Crippen molar-refractivity contribution in [2.24, 2.45) is 0 Å². The molecule has 0 aromatic heterocycles. The first kappa shape index (κ1) is 25.8. The zero-order valence-electron chi connectivity index (χ0n) is 19.6. The van der Waals surface area contributed by atoms with Crippen molar-refractivity contribution in [1.82, 2.24) is 0 Å². The molecular weight excluding hydrogens is 448 g/mol. The molecule has 0 saturated carbocycles. The highest BCUT2D eigenvalue weighted by molar-refractivity contribution is 9.10. The third-order valence-electron chi connectivity index (χ3n) is 5.62. The highest BCUT2D eigenvalue weighted by Gasteiger charge is 2.13. The minimum absolute atomic E-state index is 0.750. The summed E-state index contributed by atoms with van der Waals surface area (Å²) >= 11 is 3.79. The summed E-state index contributed by atoms with van der Waals surface area (Å²) in [5.74, 6) is 1.78. The second-order valence-corrected chi connectivity index (χ2v) is 9.17. The van der Waals surface area contributed by atoms with Gasteiger partial charge in [0.1, 0.15) is 11.5 Å². The Labute approximate surface area is 198 Å². The van der Waals surface area contributed by atoms with Crippen LogP contribution in [0.3, 0.4) is 0 Å². The van der Waals surface area contributed by atoms with E-state index in [4.69, 9.17) is 9.47 Å². The monoisotopic (exact) mass is 488 g/mol. The fraction of sp³-hybridized carbons (Fsp3) is 0.571. The van der Waals surface area contributed by atoms with Crippen LogP contribution < -0.4 is 9.47 Å². The van der Waals surface area contributed by atoms with Gasteiger partial charge in [-0.2, -0.15) is 0 Å². The normalized spacial score (nSPS) is 10.9. The van der Waals surface area contributed by atoms with E-state index < -0.39 is 0 Å². The van der Waals surface area contributed by atoms with E-state index in [-0.39, 0.29) is 0 Å². The van der Waals surface area contributed by atoms with E-state index in [2.05, 4.69) is 60.1 Å². The molecule has 0 aliphatic heterocycles. The molecule has 2 aromatic rings. The average molecular weight is 490 g/mol. The highest BCUT2D eigenvalue weighted by Crippen LogP contribution is 2.39. The summed E-state index contributed by atoms with van der Waals surface area (Å²) in [6, 6.07) is 14.6. The van der Waals surface area contributed by atoms with Gasteiger partial charge in [-0.15, -0.1) is 0 Å². The summed E-state index contributed by atoms with van der Waals surface area (Å²) in [4.78, 5) is 0. The summed E-state index contributed by atoms with van der Waals surface area (Å²) in [7, 11) is 0. The van der Waals surface area contributed by atoms with Crippen molar-refractivity contribution in [3.05, 3.63) is 46.9 Å². The van der Waals surface area contributed by atoms with Gasteiger partial charge in [-0.25, -0.2) is 0 Å². The van der Waals surface area contributed by atoms with Crippen LogP contribution in [-0.4, -0.2) is 13.2 Å². The van der Waals surface area contributed by atoms with Crippen LogP contribution in [0.15, 0.2) is 46.9 Å². The number of halogens is 1. The number of rotatable bonds is 17. The van der Waals surface area contributed by atoms with Gasteiger partial charge in [0.25, 0.3) is 0 Å². The van der Waals surface area contributed by atoms with Crippen LogP contribution in [0, 0.1) is 0 Å². The van der Waals surface area contributed by atoms with Crippen molar-refractivity contribution in [2.75, 3.05) is 13.2 Å². The second kappa shape index (κ2) is 16.2. The SMILES string of the molecule is CCCCCCCCOc1cc(OCCCCCCCC)c(Br)c(-c2ccccc2)c1. The van der Waals surface area contributed by atoms with E-state index in [1.807, 2.05) is 12.1 Å². The Morgan fingerprint density at radius 2 is 1.19 bits per heavy atom. The first-order chi connectivity index (χ1) is 15.3. The number of ether oxygens (including phenoxy) is 2. The fourth-order valence-electron chi connectivity index (χ4n) is 3.73. The van der Waals surface area contributed by atoms with Gasteiger partial charge in [-0.1, -0.05) is 108 Å². The van der Waals surface area contributed by atoms with E-state index in [0.717, 1.165) is 47.6 Å². The van der Waals surface area contributed by atoms with E-state index in [0.29, 0.717) is 0 Å². The molecule has 0 unspecified atom stereocenters. The van der Waals surface area contributed by atoms with Gasteiger partial charge >= 0.3 is 0 Å². The zero-order chi connectivity index (χ0) is 22.2. The molecule has 0 atom stereocenters. The third-order valence-corrected chi connectivity index (χ3v) is 6.44. The van der Waals surface area contributed by atoms with Crippen LogP contribution in [-0.2, 0) is 0 Å². The highest BCUT2D eigenvalue weighted by atomic mass is 79.9. The van der Waals surface area contributed by atoms with Gasteiger partial charge in [0.15, 0.2) is 0 Å². The zero-order valence-corrected chi connectivity index (χ0v) is 21.2. The molecule has 0 radical (unpaired) electrons. The minimum Gasteiger partial charge on any atom is -0.493 e. The van der Waals surface area contributed by atoms with E-state index >= 15 is 0 Å². The Balaban J connectivity index is 1.96. The summed E-state index contributed by atoms with van der Waals surface area (Å²) in [6.45, 7) is 6.03. The summed E-state index contributed by atoms with van der Waals surface area (Å²) < 4.78 is 13.3. The Morgan fingerprint density at radius 3 is 1.81 bits per heavy atom.